The number of pyridine rings is 1. The third kappa shape index (κ3) is 2.80. The van der Waals surface area contributed by atoms with Crippen LogP contribution in [0.2, 0.25) is 5.02 Å². The monoisotopic (exact) mass is 325 g/mol. The fourth-order valence-corrected chi connectivity index (χ4v) is 1.99. The van der Waals surface area contributed by atoms with Crippen molar-refractivity contribution in [1.82, 2.24) is 4.98 Å². The van der Waals surface area contributed by atoms with Crippen molar-refractivity contribution < 1.29 is 4.79 Å². The molecule has 3 N–H and O–H groups in total. The van der Waals surface area contributed by atoms with E-state index in [1.165, 1.54) is 6.20 Å². The number of anilines is 2. The molecule has 0 bridgehead atoms. The lowest BCUT2D eigenvalue weighted by molar-refractivity contribution is 0.102. The summed E-state index contributed by atoms with van der Waals surface area (Å²) in [6, 6.07) is 6.71. The van der Waals surface area contributed by atoms with Gasteiger partial charge in [0.2, 0.25) is 0 Å². The SMILES string of the molecule is Nc1cccc(Cl)c1NC(=O)c1cncc(Br)c1. The average molecular weight is 327 g/mol. The Bertz CT molecular complexity index is 583. The predicted octanol–water partition coefficient (Wildman–Crippen LogP) is 3.33. The third-order valence-electron chi connectivity index (χ3n) is 2.25. The minimum absolute atomic E-state index is 0.316. The summed E-state index contributed by atoms with van der Waals surface area (Å²) in [5, 5.41) is 3.06. The molecule has 0 radical (unpaired) electrons. The van der Waals surface area contributed by atoms with Crippen LogP contribution in [0, 0.1) is 0 Å². The van der Waals surface area contributed by atoms with Gasteiger partial charge in [0.25, 0.3) is 5.91 Å². The number of halogens is 2. The number of amides is 1. The van der Waals surface area contributed by atoms with E-state index in [0.717, 1.165) is 4.47 Å². The van der Waals surface area contributed by atoms with Crippen molar-refractivity contribution >= 4 is 44.8 Å². The number of aromatic nitrogens is 1. The van der Waals surface area contributed by atoms with Gasteiger partial charge in [-0.05, 0) is 34.1 Å². The van der Waals surface area contributed by atoms with Gasteiger partial charge < -0.3 is 11.1 Å². The summed E-state index contributed by atoms with van der Waals surface area (Å²) < 4.78 is 0.724. The van der Waals surface area contributed by atoms with Crippen LogP contribution in [0.25, 0.3) is 0 Å². The zero-order valence-electron chi connectivity index (χ0n) is 9.15. The van der Waals surface area contributed by atoms with Crippen LogP contribution in [-0.4, -0.2) is 10.9 Å². The number of hydrogen-bond acceptors (Lipinski definition) is 3. The standard InChI is InChI=1S/C12H9BrClN3O/c13-8-4-7(5-16-6-8)12(18)17-11-9(14)2-1-3-10(11)15/h1-6H,15H2,(H,17,18). The zero-order chi connectivity index (χ0) is 13.1. The smallest absolute Gasteiger partial charge is 0.257 e. The summed E-state index contributed by atoms with van der Waals surface area (Å²) >= 11 is 9.22. The Kier molecular flexibility index (Phi) is 3.84. The highest BCUT2D eigenvalue weighted by molar-refractivity contribution is 9.10. The molecular weight excluding hydrogens is 318 g/mol. The molecule has 2 aromatic rings. The van der Waals surface area contributed by atoms with Gasteiger partial charge in [0.1, 0.15) is 0 Å². The normalized spacial score (nSPS) is 10.1. The molecule has 0 unspecified atom stereocenters. The fraction of sp³-hybridized carbons (Fsp3) is 0. The van der Waals surface area contributed by atoms with Crippen molar-refractivity contribution in [2.45, 2.75) is 0 Å². The van der Waals surface area contributed by atoms with E-state index in [1.807, 2.05) is 0 Å². The van der Waals surface area contributed by atoms with E-state index in [4.69, 9.17) is 17.3 Å². The summed E-state index contributed by atoms with van der Waals surface area (Å²) in [6.45, 7) is 0. The molecule has 0 aliphatic rings. The van der Waals surface area contributed by atoms with Crippen LogP contribution in [0.5, 0.6) is 0 Å². The van der Waals surface area contributed by atoms with Gasteiger partial charge in [-0.15, -0.1) is 0 Å². The highest BCUT2D eigenvalue weighted by atomic mass is 79.9. The number of nitrogen functional groups attached to an aromatic ring is 1. The summed E-state index contributed by atoms with van der Waals surface area (Å²) in [4.78, 5) is 15.9. The minimum Gasteiger partial charge on any atom is -0.397 e. The van der Waals surface area contributed by atoms with Crippen LogP contribution in [-0.2, 0) is 0 Å². The maximum atomic E-state index is 12.0. The van der Waals surface area contributed by atoms with Crippen molar-refractivity contribution in [1.29, 1.82) is 0 Å². The molecular formula is C12H9BrClN3O. The molecule has 0 saturated carbocycles. The molecule has 92 valence electrons. The number of hydrogen-bond donors (Lipinski definition) is 2. The van der Waals surface area contributed by atoms with Crippen molar-refractivity contribution in [3.63, 3.8) is 0 Å². The first kappa shape index (κ1) is 12.9. The summed E-state index contributed by atoms with van der Waals surface area (Å²) in [5.41, 5.74) is 7.00. The van der Waals surface area contributed by atoms with Gasteiger partial charge in [0.05, 0.1) is 22.0 Å². The number of nitrogens with zero attached hydrogens (tertiary/aromatic N) is 1. The first-order valence-corrected chi connectivity index (χ1v) is 6.21. The fourth-order valence-electron chi connectivity index (χ4n) is 1.39. The topological polar surface area (TPSA) is 68.0 Å². The van der Waals surface area contributed by atoms with E-state index >= 15 is 0 Å². The molecule has 1 aromatic carbocycles. The number of carbonyl (C=O) groups excluding carboxylic acids is 1. The Balaban J connectivity index is 2.27. The molecule has 1 heterocycles. The van der Waals surface area contributed by atoms with Crippen molar-refractivity contribution in [2.24, 2.45) is 0 Å². The quantitative estimate of drug-likeness (QED) is 0.832. The first-order valence-electron chi connectivity index (χ1n) is 5.04. The lowest BCUT2D eigenvalue weighted by Crippen LogP contribution is -2.13. The highest BCUT2D eigenvalue weighted by Gasteiger charge is 2.11. The maximum absolute atomic E-state index is 12.0. The van der Waals surface area contributed by atoms with Crippen LogP contribution in [0.4, 0.5) is 11.4 Å². The second-order valence-electron chi connectivity index (χ2n) is 3.55. The van der Waals surface area contributed by atoms with E-state index in [9.17, 15) is 4.79 Å². The van der Waals surface area contributed by atoms with Crippen molar-refractivity contribution in [2.75, 3.05) is 11.1 Å². The number of para-hydroxylation sites is 1. The summed E-state index contributed by atoms with van der Waals surface area (Å²) in [5.74, 6) is -0.316. The van der Waals surface area contributed by atoms with Crippen LogP contribution < -0.4 is 11.1 Å². The van der Waals surface area contributed by atoms with Crippen LogP contribution in [0.1, 0.15) is 10.4 Å². The van der Waals surface area contributed by atoms with Crippen LogP contribution in [0.3, 0.4) is 0 Å². The highest BCUT2D eigenvalue weighted by Crippen LogP contribution is 2.28. The summed E-state index contributed by atoms with van der Waals surface area (Å²) in [6.07, 6.45) is 3.06. The largest absolute Gasteiger partial charge is 0.397 e. The van der Waals surface area contributed by atoms with Crippen molar-refractivity contribution in [3.8, 4) is 0 Å². The van der Waals surface area contributed by atoms with Crippen LogP contribution >= 0.6 is 27.5 Å². The lowest BCUT2D eigenvalue weighted by atomic mass is 10.2. The molecule has 6 heteroatoms. The Hall–Kier alpha value is -1.59. The molecule has 0 atom stereocenters. The molecule has 1 amide bonds. The van der Waals surface area contributed by atoms with Gasteiger partial charge >= 0.3 is 0 Å². The Morgan fingerprint density at radius 3 is 2.83 bits per heavy atom. The zero-order valence-corrected chi connectivity index (χ0v) is 11.5. The van der Waals surface area contributed by atoms with Gasteiger partial charge in [-0.25, -0.2) is 0 Å². The second-order valence-corrected chi connectivity index (χ2v) is 4.87. The van der Waals surface area contributed by atoms with E-state index in [1.54, 1.807) is 30.5 Å². The molecule has 0 aliphatic heterocycles. The lowest BCUT2D eigenvalue weighted by Gasteiger charge is -2.09. The summed E-state index contributed by atoms with van der Waals surface area (Å²) in [7, 11) is 0. The Labute approximate surface area is 117 Å². The first-order chi connectivity index (χ1) is 8.58. The van der Waals surface area contributed by atoms with Gasteiger partial charge in [-0.2, -0.15) is 0 Å². The number of nitrogens with one attached hydrogen (secondary N) is 1. The average Bonchev–Trinajstić information content (AvgIpc) is 2.34. The van der Waals surface area contributed by atoms with E-state index in [-0.39, 0.29) is 5.91 Å². The Morgan fingerprint density at radius 1 is 1.39 bits per heavy atom. The maximum Gasteiger partial charge on any atom is 0.257 e. The molecule has 1 aromatic heterocycles. The number of carbonyl (C=O) groups is 1. The number of rotatable bonds is 2. The van der Waals surface area contributed by atoms with Crippen LogP contribution in [0.15, 0.2) is 41.1 Å². The molecule has 18 heavy (non-hydrogen) atoms. The minimum atomic E-state index is -0.316. The van der Waals surface area contributed by atoms with E-state index in [2.05, 4.69) is 26.2 Å². The number of benzene rings is 1. The van der Waals surface area contributed by atoms with Gasteiger partial charge in [0.15, 0.2) is 0 Å². The van der Waals surface area contributed by atoms with Gasteiger partial charge in [-0.1, -0.05) is 17.7 Å². The van der Waals surface area contributed by atoms with Crippen molar-refractivity contribution in [3.05, 3.63) is 51.7 Å². The Morgan fingerprint density at radius 2 is 2.17 bits per heavy atom. The third-order valence-corrected chi connectivity index (χ3v) is 3.00. The number of nitrogens with two attached hydrogens (primary N) is 1. The molecule has 0 saturated heterocycles. The van der Waals surface area contributed by atoms with E-state index in [0.29, 0.717) is 22.0 Å². The predicted molar refractivity (Wildman–Crippen MR) is 75.8 cm³/mol. The van der Waals surface area contributed by atoms with E-state index < -0.39 is 0 Å². The molecule has 0 fully saturated rings. The molecule has 4 nitrogen and oxygen atoms in total. The molecule has 0 spiro atoms. The van der Waals surface area contributed by atoms with Gasteiger partial charge in [0, 0.05) is 16.9 Å². The second kappa shape index (κ2) is 5.37. The van der Waals surface area contributed by atoms with Gasteiger partial charge in [-0.3, -0.25) is 9.78 Å². The molecule has 2 rings (SSSR count). The molecule has 0 aliphatic carbocycles.